The maximum absolute atomic E-state index is 13.1. The molecule has 0 bridgehead atoms. The van der Waals surface area contributed by atoms with E-state index in [-0.39, 0.29) is 30.0 Å². The van der Waals surface area contributed by atoms with E-state index in [2.05, 4.69) is 27.6 Å². The topological polar surface area (TPSA) is 80.1 Å². The summed E-state index contributed by atoms with van der Waals surface area (Å²) < 4.78 is 1.93. The van der Waals surface area contributed by atoms with Crippen molar-refractivity contribution >= 4 is 35.0 Å². The summed E-state index contributed by atoms with van der Waals surface area (Å²) in [6.07, 6.45) is 0.944. The molecule has 0 radical (unpaired) electrons. The van der Waals surface area contributed by atoms with Crippen molar-refractivity contribution in [3.63, 3.8) is 0 Å². The highest BCUT2D eigenvalue weighted by molar-refractivity contribution is 7.99. The fourth-order valence-electron chi connectivity index (χ4n) is 3.57. The standard InChI is InChI=1S/C22H23N5O2S/c1-15-12-20(28)23-17-10-6-7-11-18(17)27(15)21(29)14-30-22-25-24-19(26(22)2)13-16-8-4-3-5-9-16/h3-11,15H,12-14H2,1-2H3,(H,23,28)/t15-/m0/s1. The van der Waals surface area contributed by atoms with E-state index in [1.807, 2.05) is 61.0 Å². The molecule has 0 aliphatic carbocycles. The molecular weight excluding hydrogens is 398 g/mol. The van der Waals surface area contributed by atoms with Gasteiger partial charge in [-0.1, -0.05) is 54.2 Å². The van der Waals surface area contributed by atoms with Gasteiger partial charge in [0.25, 0.3) is 0 Å². The van der Waals surface area contributed by atoms with Gasteiger partial charge in [-0.05, 0) is 24.6 Å². The number of nitrogens with one attached hydrogen (secondary N) is 1. The Morgan fingerprint density at radius 3 is 2.67 bits per heavy atom. The second kappa shape index (κ2) is 8.71. The molecule has 2 heterocycles. The largest absolute Gasteiger partial charge is 0.324 e. The zero-order valence-electron chi connectivity index (χ0n) is 16.9. The summed E-state index contributed by atoms with van der Waals surface area (Å²) in [6.45, 7) is 1.89. The van der Waals surface area contributed by atoms with Crippen molar-refractivity contribution in [3.8, 4) is 0 Å². The Hall–Kier alpha value is -3.13. The second-order valence-corrected chi connectivity index (χ2v) is 8.23. The number of hydrogen-bond donors (Lipinski definition) is 1. The van der Waals surface area contributed by atoms with Crippen LogP contribution in [0.3, 0.4) is 0 Å². The molecule has 7 nitrogen and oxygen atoms in total. The Bertz CT molecular complexity index is 1070. The predicted molar refractivity (Wildman–Crippen MR) is 118 cm³/mol. The third-order valence-corrected chi connectivity index (χ3v) is 6.09. The minimum atomic E-state index is -0.227. The van der Waals surface area contributed by atoms with Crippen LogP contribution >= 0.6 is 11.8 Å². The molecule has 1 aliphatic heterocycles. The SMILES string of the molecule is C[C@H]1CC(=O)Nc2ccccc2N1C(=O)CSc1nnc(Cc2ccccc2)n1C. The lowest BCUT2D eigenvalue weighted by Gasteiger charge is -2.27. The van der Waals surface area contributed by atoms with Gasteiger partial charge in [-0.25, -0.2) is 0 Å². The number of carbonyl (C=O) groups excluding carboxylic acids is 2. The van der Waals surface area contributed by atoms with E-state index in [9.17, 15) is 9.59 Å². The van der Waals surface area contributed by atoms with Crippen molar-refractivity contribution < 1.29 is 9.59 Å². The van der Waals surface area contributed by atoms with Gasteiger partial charge in [-0.3, -0.25) is 9.59 Å². The number of nitrogens with zero attached hydrogens (tertiary/aromatic N) is 4. The van der Waals surface area contributed by atoms with Gasteiger partial charge in [0, 0.05) is 25.9 Å². The Balaban J connectivity index is 1.48. The first-order chi connectivity index (χ1) is 14.5. The molecule has 4 rings (SSSR count). The summed E-state index contributed by atoms with van der Waals surface area (Å²) in [5.41, 5.74) is 2.55. The average molecular weight is 422 g/mol. The molecule has 1 N–H and O–H groups in total. The van der Waals surface area contributed by atoms with E-state index in [4.69, 9.17) is 0 Å². The van der Waals surface area contributed by atoms with E-state index in [0.29, 0.717) is 17.3 Å². The van der Waals surface area contributed by atoms with Crippen molar-refractivity contribution in [1.82, 2.24) is 14.8 Å². The number of amides is 2. The molecule has 1 atom stereocenters. The van der Waals surface area contributed by atoms with Gasteiger partial charge in [-0.15, -0.1) is 10.2 Å². The van der Waals surface area contributed by atoms with Crippen LogP contribution in [0, 0.1) is 0 Å². The van der Waals surface area contributed by atoms with Gasteiger partial charge in [0.2, 0.25) is 11.8 Å². The Labute approximate surface area is 179 Å². The number of fused-ring (bicyclic) bond motifs is 1. The molecule has 2 amide bonds. The van der Waals surface area contributed by atoms with Crippen LogP contribution in [0.1, 0.15) is 24.7 Å². The molecular formula is C22H23N5O2S. The number of hydrogen-bond acceptors (Lipinski definition) is 5. The Morgan fingerprint density at radius 1 is 1.13 bits per heavy atom. The monoisotopic (exact) mass is 421 g/mol. The molecule has 2 aromatic carbocycles. The van der Waals surface area contributed by atoms with Crippen LogP contribution in [0.25, 0.3) is 0 Å². The quantitative estimate of drug-likeness (QED) is 0.640. The van der Waals surface area contributed by atoms with E-state index < -0.39 is 0 Å². The molecule has 0 unspecified atom stereocenters. The summed E-state index contributed by atoms with van der Waals surface area (Å²) in [6, 6.07) is 17.3. The predicted octanol–water partition coefficient (Wildman–Crippen LogP) is 3.26. The number of thioether (sulfide) groups is 1. The number of anilines is 2. The minimum absolute atomic E-state index is 0.0657. The second-order valence-electron chi connectivity index (χ2n) is 7.29. The molecule has 154 valence electrons. The van der Waals surface area contributed by atoms with E-state index in [1.165, 1.54) is 11.8 Å². The fraction of sp³-hybridized carbons (Fsp3) is 0.273. The van der Waals surface area contributed by atoms with Crippen molar-refractivity contribution in [2.75, 3.05) is 16.0 Å². The van der Waals surface area contributed by atoms with Crippen molar-refractivity contribution in [2.45, 2.75) is 31.0 Å². The zero-order valence-corrected chi connectivity index (χ0v) is 17.7. The average Bonchev–Trinajstić information content (AvgIpc) is 3.01. The number of para-hydroxylation sites is 2. The maximum Gasteiger partial charge on any atom is 0.237 e. The summed E-state index contributed by atoms with van der Waals surface area (Å²) in [4.78, 5) is 27.0. The third-order valence-electron chi connectivity index (χ3n) is 5.08. The molecule has 0 saturated heterocycles. The molecule has 30 heavy (non-hydrogen) atoms. The molecule has 8 heteroatoms. The number of aromatic nitrogens is 3. The summed E-state index contributed by atoms with van der Waals surface area (Å²) in [5.74, 6) is 0.907. The van der Waals surface area contributed by atoms with Gasteiger partial charge >= 0.3 is 0 Å². The van der Waals surface area contributed by atoms with Gasteiger partial charge < -0.3 is 14.8 Å². The van der Waals surface area contributed by atoms with Crippen molar-refractivity contribution in [2.24, 2.45) is 7.05 Å². The van der Waals surface area contributed by atoms with Gasteiger partial charge in [0.15, 0.2) is 5.16 Å². The van der Waals surface area contributed by atoms with E-state index in [1.54, 1.807) is 4.90 Å². The van der Waals surface area contributed by atoms with Crippen LogP contribution in [-0.4, -0.2) is 38.4 Å². The van der Waals surface area contributed by atoms with Crippen molar-refractivity contribution in [1.29, 1.82) is 0 Å². The molecule has 1 aliphatic rings. The highest BCUT2D eigenvalue weighted by atomic mass is 32.2. The number of benzene rings is 2. The van der Waals surface area contributed by atoms with Gasteiger partial charge in [-0.2, -0.15) is 0 Å². The first-order valence-corrected chi connectivity index (χ1v) is 10.8. The smallest absolute Gasteiger partial charge is 0.237 e. The zero-order chi connectivity index (χ0) is 21.1. The first-order valence-electron chi connectivity index (χ1n) is 9.79. The van der Waals surface area contributed by atoms with Crippen LogP contribution in [0.5, 0.6) is 0 Å². The van der Waals surface area contributed by atoms with Crippen LogP contribution < -0.4 is 10.2 Å². The molecule has 1 aromatic heterocycles. The normalized spacial score (nSPS) is 16.0. The summed E-state index contributed by atoms with van der Waals surface area (Å²) in [5, 5.41) is 12.1. The lowest BCUT2D eigenvalue weighted by Crippen LogP contribution is -2.40. The highest BCUT2D eigenvalue weighted by Crippen LogP contribution is 2.32. The van der Waals surface area contributed by atoms with Gasteiger partial charge in [0.05, 0.1) is 17.1 Å². The van der Waals surface area contributed by atoms with Crippen LogP contribution in [0.2, 0.25) is 0 Å². The number of carbonyl (C=O) groups is 2. The first kappa shape index (κ1) is 20.2. The fourth-order valence-corrected chi connectivity index (χ4v) is 4.36. The summed E-state index contributed by atoms with van der Waals surface area (Å²) in [7, 11) is 1.91. The van der Waals surface area contributed by atoms with Crippen LogP contribution in [0.4, 0.5) is 11.4 Å². The van der Waals surface area contributed by atoms with Crippen LogP contribution in [0.15, 0.2) is 59.8 Å². The van der Waals surface area contributed by atoms with E-state index in [0.717, 1.165) is 17.1 Å². The Morgan fingerprint density at radius 2 is 1.87 bits per heavy atom. The minimum Gasteiger partial charge on any atom is -0.324 e. The van der Waals surface area contributed by atoms with Crippen molar-refractivity contribution in [3.05, 3.63) is 66.0 Å². The lowest BCUT2D eigenvalue weighted by molar-refractivity contribution is -0.117. The van der Waals surface area contributed by atoms with Gasteiger partial charge in [0.1, 0.15) is 5.82 Å². The molecule has 3 aromatic rings. The number of rotatable bonds is 5. The maximum atomic E-state index is 13.1. The third kappa shape index (κ3) is 4.23. The van der Waals surface area contributed by atoms with Crippen LogP contribution in [-0.2, 0) is 23.1 Å². The molecule has 0 fully saturated rings. The Kier molecular flexibility index (Phi) is 5.85. The van der Waals surface area contributed by atoms with E-state index >= 15 is 0 Å². The lowest BCUT2D eigenvalue weighted by atomic mass is 10.1. The highest BCUT2D eigenvalue weighted by Gasteiger charge is 2.29. The molecule has 0 spiro atoms. The summed E-state index contributed by atoms with van der Waals surface area (Å²) >= 11 is 1.36. The molecule has 0 saturated carbocycles.